The summed E-state index contributed by atoms with van der Waals surface area (Å²) in [6.07, 6.45) is 0. The van der Waals surface area contributed by atoms with Crippen molar-refractivity contribution in [3.63, 3.8) is 0 Å². The van der Waals surface area contributed by atoms with Gasteiger partial charge in [0.1, 0.15) is 17.4 Å². The van der Waals surface area contributed by atoms with Crippen molar-refractivity contribution in [1.29, 1.82) is 0 Å². The number of methoxy groups -OCH3 is 1. The number of ether oxygens (including phenoxy) is 1. The summed E-state index contributed by atoms with van der Waals surface area (Å²) < 4.78 is 35.8. The van der Waals surface area contributed by atoms with E-state index in [9.17, 15) is 18.0 Å². The van der Waals surface area contributed by atoms with Gasteiger partial charge in [-0.05, 0) is 12.8 Å². The first-order chi connectivity index (χ1) is 9.60. The van der Waals surface area contributed by atoms with Gasteiger partial charge in [0, 0.05) is 6.07 Å². The summed E-state index contributed by atoms with van der Waals surface area (Å²) in [6, 6.07) is -0.301. The highest BCUT2D eigenvalue weighted by molar-refractivity contribution is 7.89. The number of hydrogen-bond donors (Lipinski definition) is 2. The van der Waals surface area contributed by atoms with E-state index in [-0.39, 0.29) is 11.3 Å². The normalized spacial score (nSPS) is 13.2. The van der Waals surface area contributed by atoms with E-state index in [1.807, 2.05) is 4.72 Å². The smallest absolute Gasteiger partial charge is 0.341 e. The maximum absolute atomic E-state index is 12.1. The maximum atomic E-state index is 12.1. The molecule has 0 amide bonds. The molecule has 0 radical (unpaired) electrons. The molecule has 0 aliphatic rings. The van der Waals surface area contributed by atoms with Crippen LogP contribution in [0.5, 0.6) is 0 Å². The molecule has 0 aliphatic heterocycles. The fourth-order valence-electron chi connectivity index (χ4n) is 1.60. The fourth-order valence-corrected chi connectivity index (χ4v) is 2.93. The Morgan fingerprint density at radius 2 is 1.95 bits per heavy atom. The molecule has 0 aromatic carbocycles. The summed E-state index contributed by atoms with van der Waals surface area (Å²) >= 11 is 0. The van der Waals surface area contributed by atoms with Crippen molar-refractivity contribution in [2.24, 2.45) is 5.92 Å². The number of carbonyl (C=O) groups excluding carboxylic acids is 1. The second-order valence-corrected chi connectivity index (χ2v) is 6.35. The van der Waals surface area contributed by atoms with Crippen LogP contribution < -0.4 is 4.72 Å². The van der Waals surface area contributed by atoms with Crippen LogP contribution >= 0.6 is 0 Å². The van der Waals surface area contributed by atoms with E-state index in [2.05, 4.69) is 4.74 Å². The topological polar surface area (TPSA) is 123 Å². The Kier molecular flexibility index (Phi) is 5.13. The average Bonchev–Trinajstić information content (AvgIpc) is 2.77. The summed E-state index contributed by atoms with van der Waals surface area (Å²) in [5.41, 5.74) is -0.0331. The molecule has 0 spiro atoms. The number of furan rings is 1. The molecule has 118 valence electrons. The molecule has 2 N–H and O–H groups in total. The minimum Gasteiger partial charge on any atom is -0.480 e. The standard InChI is InChI=1S/C12H17NO7S/c1-6(2)10(11(14)15)13-21(17,18)9-5-8(7(3)20-9)12(16)19-4/h5-6,10,13H,1-4H3,(H,14,15)/t10-/m0/s1. The number of sulfonamides is 1. The third-order valence-electron chi connectivity index (χ3n) is 2.78. The molecule has 0 saturated heterocycles. The quantitative estimate of drug-likeness (QED) is 0.742. The number of carboxylic acids is 1. The lowest BCUT2D eigenvalue weighted by atomic mass is 10.1. The van der Waals surface area contributed by atoms with E-state index in [0.717, 1.165) is 13.2 Å². The van der Waals surface area contributed by atoms with Gasteiger partial charge in [-0.1, -0.05) is 13.8 Å². The SMILES string of the molecule is COC(=O)c1cc(S(=O)(=O)N[C@H](C(=O)O)C(C)C)oc1C. The van der Waals surface area contributed by atoms with E-state index in [4.69, 9.17) is 9.52 Å². The number of nitrogens with one attached hydrogen (secondary N) is 1. The third kappa shape index (κ3) is 3.82. The Hall–Kier alpha value is -1.87. The van der Waals surface area contributed by atoms with Crippen LogP contribution in [0.2, 0.25) is 0 Å². The molecule has 0 bridgehead atoms. The predicted molar refractivity (Wildman–Crippen MR) is 71.4 cm³/mol. The van der Waals surface area contributed by atoms with Crippen molar-refractivity contribution in [2.45, 2.75) is 31.9 Å². The van der Waals surface area contributed by atoms with Crippen LogP contribution in [0.1, 0.15) is 30.0 Å². The van der Waals surface area contributed by atoms with Crippen molar-refractivity contribution in [2.75, 3.05) is 7.11 Å². The predicted octanol–water partition coefficient (Wildman–Crippen LogP) is 0.762. The zero-order valence-electron chi connectivity index (χ0n) is 12.0. The van der Waals surface area contributed by atoms with Crippen molar-refractivity contribution in [3.05, 3.63) is 17.4 Å². The summed E-state index contributed by atoms with van der Waals surface area (Å²) in [5.74, 6) is -2.44. The highest BCUT2D eigenvalue weighted by Crippen LogP contribution is 2.20. The van der Waals surface area contributed by atoms with Crippen LogP contribution in [-0.2, 0) is 19.6 Å². The number of carbonyl (C=O) groups is 2. The van der Waals surface area contributed by atoms with Gasteiger partial charge in [-0.25, -0.2) is 13.2 Å². The van der Waals surface area contributed by atoms with Crippen LogP contribution in [0, 0.1) is 12.8 Å². The minimum absolute atomic E-state index is 0.0331. The van der Waals surface area contributed by atoms with Crippen LogP contribution in [0.4, 0.5) is 0 Å². The third-order valence-corrected chi connectivity index (χ3v) is 4.08. The van der Waals surface area contributed by atoms with Gasteiger partial charge in [0.2, 0.25) is 5.09 Å². The van der Waals surface area contributed by atoms with Gasteiger partial charge in [0.05, 0.1) is 7.11 Å². The first kappa shape index (κ1) is 17.2. The molecule has 0 fully saturated rings. The van der Waals surface area contributed by atoms with Crippen LogP contribution in [0.3, 0.4) is 0 Å². The lowest BCUT2D eigenvalue weighted by molar-refractivity contribution is -0.140. The van der Waals surface area contributed by atoms with Crippen molar-refractivity contribution in [1.82, 2.24) is 4.72 Å². The molecular formula is C12H17NO7S. The highest BCUT2D eigenvalue weighted by atomic mass is 32.2. The summed E-state index contributed by atoms with van der Waals surface area (Å²) in [7, 11) is -3.05. The molecule has 0 aliphatic carbocycles. The Bertz CT molecular complexity index is 645. The average molecular weight is 319 g/mol. The molecule has 9 heteroatoms. The van der Waals surface area contributed by atoms with Gasteiger partial charge in [-0.15, -0.1) is 0 Å². The fraction of sp³-hybridized carbons (Fsp3) is 0.500. The Morgan fingerprint density at radius 3 is 2.38 bits per heavy atom. The van der Waals surface area contributed by atoms with Gasteiger partial charge in [-0.2, -0.15) is 4.72 Å². The first-order valence-electron chi connectivity index (χ1n) is 6.04. The van der Waals surface area contributed by atoms with Crippen LogP contribution in [0.25, 0.3) is 0 Å². The minimum atomic E-state index is -4.20. The number of aliphatic carboxylic acids is 1. The van der Waals surface area contributed by atoms with E-state index in [1.54, 1.807) is 13.8 Å². The summed E-state index contributed by atoms with van der Waals surface area (Å²) in [6.45, 7) is 4.53. The largest absolute Gasteiger partial charge is 0.480 e. The van der Waals surface area contributed by atoms with Crippen molar-refractivity contribution >= 4 is 22.0 Å². The van der Waals surface area contributed by atoms with Gasteiger partial charge < -0.3 is 14.3 Å². The zero-order valence-corrected chi connectivity index (χ0v) is 12.9. The molecule has 1 rings (SSSR count). The summed E-state index contributed by atoms with van der Waals surface area (Å²) in [5, 5.41) is 8.47. The Balaban J connectivity index is 3.14. The van der Waals surface area contributed by atoms with Gasteiger partial charge in [0.25, 0.3) is 10.0 Å². The molecule has 8 nitrogen and oxygen atoms in total. The zero-order chi connectivity index (χ0) is 16.4. The lowest BCUT2D eigenvalue weighted by Crippen LogP contribution is -2.44. The second kappa shape index (κ2) is 6.27. The van der Waals surface area contributed by atoms with Crippen LogP contribution in [0.15, 0.2) is 15.6 Å². The Labute approximate surface area is 122 Å². The van der Waals surface area contributed by atoms with Gasteiger partial charge in [-0.3, -0.25) is 4.79 Å². The second-order valence-electron chi connectivity index (χ2n) is 4.71. The van der Waals surface area contributed by atoms with E-state index < -0.39 is 39.0 Å². The van der Waals surface area contributed by atoms with Crippen molar-refractivity contribution < 1.29 is 32.3 Å². The molecule has 1 heterocycles. The molecule has 1 aromatic rings. The molecule has 1 atom stereocenters. The Morgan fingerprint density at radius 1 is 1.38 bits per heavy atom. The molecular weight excluding hydrogens is 302 g/mol. The lowest BCUT2D eigenvalue weighted by Gasteiger charge is -2.16. The van der Waals surface area contributed by atoms with E-state index >= 15 is 0 Å². The molecule has 21 heavy (non-hydrogen) atoms. The maximum Gasteiger partial charge on any atom is 0.341 e. The first-order valence-corrected chi connectivity index (χ1v) is 7.52. The molecule has 1 aromatic heterocycles. The van der Waals surface area contributed by atoms with Crippen molar-refractivity contribution in [3.8, 4) is 0 Å². The molecule has 0 saturated carbocycles. The monoisotopic (exact) mass is 319 g/mol. The highest BCUT2D eigenvalue weighted by Gasteiger charge is 2.31. The number of esters is 1. The van der Waals surface area contributed by atoms with E-state index in [0.29, 0.717) is 0 Å². The van der Waals surface area contributed by atoms with Gasteiger partial charge in [0.15, 0.2) is 0 Å². The number of aryl methyl sites for hydroxylation is 1. The number of rotatable bonds is 6. The van der Waals surface area contributed by atoms with Crippen LogP contribution in [-0.4, -0.2) is 38.6 Å². The summed E-state index contributed by atoms with van der Waals surface area (Å²) in [4.78, 5) is 22.5. The molecule has 0 unspecified atom stereocenters. The van der Waals surface area contributed by atoms with E-state index in [1.165, 1.54) is 6.92 Å². The van der Waals surface area contributed by atoms with Gasteiger partial charge >= 0.3 is 11.9 Å². The number of hydrogen-bond acceptors (Lipinski definition) is 6. The number of carboxylic acid groups (broad SMARTS) is 1.